The van der Waals surface area contributed by atoms with E-state index in [1.807, 2.05) is 48.2 Å². The van der Waals surface area contributed by atoms with Crippen LogP contribution in [0.25, 0.3) is 0 Å². The monoisotopic (exact) mass is 478 g/mol. The number of rotatable bonds is 5. The van der Waals surface area contributed by atoms with Gasteiger partial charge in [0.15, 0.2) is 0 Å². The molecule has 0 aliphatic heterocycles. The molecule has 182 valence electrons. The molecule has 0 saturated carbocycles. The fraction of sp³-hybridized carbons (Fsp3) is 0.500. The third-order valence-corrected chi connectivity index (χ3v) is 6.75. The standard InChI is InChI=1S/C28H30N8/c1-27(2)9-21(19(13-29)14-30)23(17-33)25(11-27)35(5)7-8-36(6)26-12-28(3,4)10-22(24(26)18-34)20(15-31)16-32/h7-12H2,1-6H3. The van der Waals surface area contributed by atoms with E-state index in [0.717, 1.165) is 11.4 Å². The molecule has 0 aromatic carbocycles. The molecule has 2 aliphatic rings. The van der Waals surface area contributed by atoms with Crippen LogP contribution < -0.4 is 0 Å². The van der Waals surface area contributed by atoms with E-state index in [-0.39, 0.29) is 22.0 Å². The van der Waals surface area contributed by atoms with Gasteiger partial charge in [-0.3, -0.25) is 0 Å². The van der Waals surface area contributed by atoms with Gasteiger partial charge in [0.1, 0.15) is 47.6 Å². The average Bonchev–Trinajstić information content (AvgIpc) is 2.82. The van der Waals surface area contributed by atoms with Crippen molar-refractivity contribution in [1.29, 1.82) is 31.6 Å². The third-order valence-electron chi connectivity index (χ3n) is 6.75. The molecule has 2 aliphatic carbocycles. The van der Waals surface area contributed by atoms with E-state index in [4.69, 9.17) is 0 Å². The van der Waals surface area contributed by atoms with Gasteiger partial charge in [-0.1, -0.05) is 27.7 Å². The van der Waals surface area contributed by atoms with Crippen LogP contribution in [0.15, 0.2) is 44.8 Å². The van der Waals surface area contributed by atoms with Gasteiger partial charge in [-0.15, -0.1) is 0 Å². The fourth-order valence-electron chi connectivity index (χ4n) is 4.92. The van der Waals surface area contributed by atoms with Crippen LogP contribution in [0.3, 0.4) is 0 Å². The van der Waals surface area contributed by atoms with Crippen molar-refractivity contribution < 1.29 is 0 Å². The highest BCUT2D eigenvalue weighted by Gasteiger charge is 2.36. The lowest BCUT2D eigenvalue weighted by Gasteiger charge is -2.39. The van der Waals surface area contributed by atoms with Gasteiger partial charge in [-0.05, 0) is 36.5 Å². The second-order valence-corrected chi connectivity index (χ2v) is 10.9. The van der Waals surface area contributed by atoms with Gasteiger partial charge in [0.2, 0.25) is 0 Å². The molecule has 0 aromatic heterocycles. The van der Waals surface area contributed by atoms with Crippen LogP contribution in [-0.2, 0) is 0 Å². The summed E-state index contributed by atoms with van der Waals surface area (Å²) >= 11 is 0. The minimum Gasteiger partial charge on any atom is -0.375 e. The summed E-state index contributed by atoms with van der Waals surface area (Å²) in [4.78, 5) is 3.96. The van der Waals surface area contributed by atoms with Crippen molar-refractivity contribution in [3.05, 3.63) is 44.8 Å². The summed E-state index contributed by atoms with van der Waals surface area (Å²) in [6, 6.07) is 12.2. The molecule has 0 saturated heterocycles. The number of allylic oxidation sites excluding steroid dienone is 8. The Kier molecular flexibility index (Phi) is 8.35. The van der Waals surface area contributed by atoms with Crippen molar-refractivity contribution in [2.24, 2.45) is 10.8 Å². The van der Waals surface area contributed by atoms with Crippen LogP contribution in [0.1, 0.15) is 53.4 Å². The molecular formula is C28H30N8. The van der Waals surface area contributed by atoms with Crippen LogP contribution in [0.4, 0.5) is 0 Å². The molecule has 0 aromatic rings. The molecule has 0 atom stereocenters. The Morgan fingerprint density at radius 1 is 0.611 bits per heavy atom. The van der Waals surface area contributed by atoms with Crippen molar-refractivity contribution in [3.63, 3.8) is 0 Å². The first-order valence-electron chi connectivity index (χ1n) is 11.6. The van der Waals surface area contributed by atoms with E-state index < -0.39 is 0 Å². The van der Waals surface area contributed by atoms with E-state index in [1.165, 1.54) is 0 Å². The zero-order chi connectivity index (χ0) is 27.3. The van der Waals surface area contributed by atoms with Gasteiger partial charge in [-0.25, -0.2) is 0 Å². The van der Waals surface area contributed by atoms with Gasteiger partial charge in [0.25, 0.3) is 0 Å². The molecule has 0 unspecified atom stereocenters. The predicted molar refractivity (Wildman–Crippen MR) is 133 cm³/mol. The summed E-state index contributed by atoms with van der Waals surface area (Å²) in [7, 11) is 3.77. The zero-order valence-electron chi connectivity index (χ0n) is 21.8. The summed E-state index contributed by atoms with van der Waals surface area (Å²) in [6.45, 7) is 9.27. The lowest BCUT2D eigenvalue weighted by molar-refractivity contribution is 0.249. The lowest BCUT2D eigenvalue weighted by atomic mass is 9.72. The van der Waals surface area contributed by atoms with Crippen molar-refractivity contribution in [1.82, 2.24) is 9.80 Å². The van der Waals surface area contributed by atoms with Crippen molar-refractivity contribution in [2.45, 2.75) is 53.4 Å². The highest BCUT2D eigenvalue weighted by Crippen LogP contribution is 2.45. The number of likely N-dealkylation sites (N-methyl/N-ethyl adjacent to an activating group) is 2. The van der Waals surface area contributed by atoms with Gasteiger partial charge >= 0.3 is 0 Å². The van der Waals surface area contributed by atoms with Gasteiger partial charge in [0.05, 0.1) is 11.1 Å². The minimum atomic E-state index is -0.223. The summed E-state index contributed by atoms with van der Waals surface area (Å²) in [5, 5.41) is 57.6. The SMILES string of the molecule is CN(CCN(C)C1=C(C#N)C(=C(C#N)C#N)CC(C)(C)C1)C1=C(C#N)C(=C(C#N)C#N)CC(C)(C)C1. The van der Waals surface area contributed by atoms with Crippen LogP contribution in [0, 0.1) is 78.8 Å². The molecule has 8 nitrogen and oxygen atoms in total. The second-order valence-electron chi connectivity index (χ2n) is 10.9. The number of nitriles is 6. The summed E-state index contributed by atoms with van der Waals surface area (Å²) in [5.74, 6) is 0. The molecule has 0 spiro atoms. The normalized spacial score (nSPS) is 18.0. The Labute approximate surface area is 214 Å². The molecule has 2 rings (SSSR count). The lowest BCUT2D eigenvalue weighted by Crippen LogP contribution is -2.36. The number of hydrogen-bond acceptors (Lipinski definition) is 8. The second kappa shape index (κ2) is 10.8. The van der Waals surface area contributed by atoms with Crippen molar-refractivity contribution >= 4 is 0 Å². The summed E-state index contributed by atoms with van der Waals surface area (Å²) < 4.78 is 0. The first-order chi connectivity index (χ1) is 16.9. The fourth-order valence-corrected chi connectivity index (χ4v) is 4.92. The maximum absolute atomic E-state index is 9.93. The molecule has 36 heavy (non-hydrogen) atoms. The highest BCUT2D eigenvalue weighted by atomic mass is 15.2. The topological polar surface area (TPSA) is 149 Å². The average molecular weight is 479 g/mol. The van der Waals surface area contributed by atoms with Crippen molar-refractivity contribution in [2.75, 3.05) is 27.2 Å². The minimum absolute atomic E-state index is 0.0271. The molecule has 8 heteroatoms. The molecule has 0 bridgehead atoms. The van der Waals surface area contributed by atoms with Crippen LogP contribution >= 0.6 is 0 Å². The van der Waals surface area contributed by atoms with Gasteiger partial charge < -0.3 is 9.80 Å². The first-order valence-corrected chi connectivity index (χ1v) is 11.6. The number of nitrogens with zero attached hydrogens (tertiary/aromatic N) is 8. The van der Waals surface area contributed by atoms with Crippen LogP contribution in [0.2, 0.25) is 0 Å². The Bertz CT molecular complexity index is 1190. The maximum Gasteiger partial charge on any atom is 0.134 e. The Morgan fingerprint density at radius 3 is 1.17 bits per heavy atom. The molecule has 0 heterocycles. The molecule has 0 amide bonds. The predicted octanol–water partition coefficient (Wildman–Crippen LogP) is 4.73. The summed E-state index contributed by atoms with van der Waals surface area (Å²) in [6.07, 6.45) is 2.21. The Hall–Kier alpha value is -4.50. The first kappa shape index (κ1) is 27.7. The van der Waals surface area contributed by atoms with Crippen LogP contribution in [0.5, 0.6) is 0 Å². The largest absolute Gasteiger partial charge is 0.375 e. The van der Waals surface area contributed by atoms with E-state index in [9.17, 15) is 31.6 Å². The molecule has 0 radical (unpaired) electrons. The Balaban J connectivity index is 2.46. The summed E-state index contributed by atoms with van der Waals surface area (Å²) in [5.41, 5.74) is 2.82. The highest BCUT2D eigenvalue weighted by molar-refractivity contribution is 5.58. The van der Waals surface area contributed by atoms with Crippen molar-refractivity contribution in [3.8, 4) is 36.4 Å². The maximum atomic E-state index is 9.93. The smallest absolute Gasteiger partial charge is 0.134 e. The van der Waals surface area contributed by atoms with Crippen LogP contribution in [-0.4, -0.2) is 37.0 Å². The van der Waals surface area contributed by atoms with E-state index in [0.29, 0.717) is 61.1 Å². The van der Waals surface area contributed by atoms with E-state index in [2.05, 4.69) is 39.8 Å². The van der Waals surface area contributed by atoms with Gasteiger partial charge in [-0.2, -0.15) is 31.6 Å². The Morgan fingerprint density at radius 2 is 0.917 bits per heavy atom. The molecule has 0 fully saturated rings. The zero-order valence-corrected chi connectivity index (χ0v) is 21.8. The van der Waals surface area contributed by atoms with Gasteiger partial charge in [0, 0.05) is 49.7 Å². The third kappa shape index (κ3) is 5.76. The van der Waals surface area contributed by atoms with E-state index in [1.54, 1.807) is 0 Å². The number of hydrogen-bond donors (Lipinski definition) is 0. The quantitative estimate of drug-likeness (QED) is 0.514. The molecule has 0 N–H and O–H groups in total. The molecular weight excluding hydrogens is 448 g/mol. The van der Waals surface area contributed by atoms with E-state index >= 15 is 0 Å².